The Morgan fingerprint density at radius 2 is 1.08 bits per heavy atom. The summed E-state index contributed by atoms with van der Waals surface area (Å²) >= 11 is 0. The first kappa shape index (κ1) is 27.0. The molecule has 2 heterocycles. The van der Waals surface area contributed by atoms with E-state index in [0.29, 0.717) is 34.0 Å². The molecular weight excluding hydrogens is 508 g/mol. The molecule has 2 aliphatic rings. The zero-order chi connectivity index (χ0) is 28.1. The maximum absolute atomic E-state index is 12.5. The summed E-state index contributed by atoms with van der Waals surface area (Å²) < 4.78 is 21.7. The molecule has 0 bridgehead atoms. The summed E-state index contributed by atoms with van der Waals surface area (Å²) in [6, 6.07) is 11.2. The number of carbonyl (C=O) groups is 4. The lowest BCUT2D eigenvalue weighted by Crippen LogP contribution is -2.45. The molecule has 0 unspecified atom stereocenters. The van der Waals surface area contributed by atoms with E-state index in [4.69, 9.17) is 18.9 Å². The maximum Gasteiger partial charge on any atom is 0.337 e. The second kappa shape index (κ2) is 11.6. The number of allylic oxidation sites excluding steroid dienone is 2. The van der Waals surface area contributed by atoms with Crippen LogP contribution in [0.1, 0.15) is 37.1 Å². The molecule has 0 spiro atoms. The minimum atomic E-state index is -0.824. The first-order valence-corrected chi connectivity index (χ1v) is 11.9. The van der Waals surface area contributed by atoms with Gasteiger partial charge in [-0.3, -0.25) is 0 Å². The molecule has 4 N–H and O–H groups in total. The summed E-state index contributed by atoms with van der Waals surface area (Å²) in [7, 11) is 2.52. The Balaban J connectivity index is 1.59. The van der Waals surface area contributed by atoms with Crippen LogP contribution >= 0.6 is 0 Å². The van der Waals surface area contributed by atoms with Gasteiger partial charge in [0.2, 0.25) is 6.79 Å². The van der Waals surface area contributed by atoms with Crippen molar-refractivity contribution in [1.82, 2.24) is 21.3 Å². The molecule has 4 amide bonds. The molecule has 0 fully saturated rings. The van der Waals surface area contributed by atoms with Crippen LogP contribution in [-0.4, -0.2) is 45.0 Å². The Morgan fingerprint density at radius 1 is 0.692 bits per heavy atom. The smallest absolute Gasteiger partial charge is 0.337 e. The highest BCUT2D eigenvalue weighted by molar-refractivity contribution is 5.96. The van der Waals surface area contributed by atoms with Gasteiger partial charge in [-0.15, -0.1) is 0 Å². The lowest BCUT2D eigenvalue weighted by atomic mass is 9.95. The van der Waals surface area contributed by atoms with E-state index in [0.717, 1.165) is 0 Å². The molecule has 4 rings (SSSR count). The topological polar surface area (TPSA) is 153 Å². The molecule has 0 aromatic heterocycles. The molecule has 0 saturated carbocycles. The lowest BCUT2D eigenvalue weighted by molar-refractivity contribution is -0.137. The third kappa shape index (κ3) is 5.64. The molecule has 12 heteroatoms. The molecule has 0 radical (unpaired) electrons. The minimum absolute atomic E-state index is 0.235. The van der Waals surface area contributed by atoms with Crippen molar-refractivity contribution in [3.05, 3.63) is 82.2 Å². The molecule has 0 saturated heterocycles. The number of ether oxygens (including phenoxy) is 4. The third-order valence-electron chi connectivity index (χ3n) is 6.24. The number of amides is 4. The van der Waals surface area contributed by atoms with Crippen molar-refractivity contribution in [2.75, 3.05) is 21.0 Å². The van der Waals surface area contributed by atoms with Crippen LogP contribution < -0.4 is 30.7 Å². The second-order valence-electron chi connectivity index (χ2n) is 8.61. The van der Waals surface area contributed by atoms with Crippen LogP contribution in [0.5, 0.6) is 11.5 Å². The van der Waals surface area contributed by atoms with Crippen LogP contribution in [0.2, 0.25) is 0 Å². The number of nitrogens with one attached hydrogen (secondary N) is 4. The summed E-state index contributed by atoms with van der Waals surface area (Å²) in [6.07, 6.45) is 0. The highest BCUT2D eigenvalue weighted by Gasteiger charge is 2.35. The van der Waals surface area contributed by atoms with Crippen LogP contribution in [0, 0.1) is 0 Å². The number of benzene rings is 2. The Morgan fingerprint density at radius 3 is 1.46 bits per heavy atom. The van der Waals surface area contributed by atoms with Gasteiger partial charge in [0.05, 0.1) is 37.4 Å². The zero-order valence-corrected chi connectivity index (χ0v) is 21.7. The van der Waals surface area contributed by atoms with Gasteiger partial charge in [-0.25, -0.2) is 19.2 Å². The molecule has 0 aliphatic carbocycles. The Kier molecular flexibility index (Phi) is 8.04. The number of rotatable bonds is 8. The second-order valence-corrected chi connectivity index (χ2v) is 8.61. The third-order valence-corrected chi connectivity index (χ3v) is 6.24. The van der Waals surface area contributed by atoms with Crippen molar-refractivity contribution in [2.24, 2.45) is 0 Å². The predicted octanol–water partition coefficient (Wildman–Crippen LogP) is 2.70. The van der Waals surface area contributed by atoms with Crippen molar-refractivity contribution in [3.63, 3.8) is 0 Å². The first-order chi connectivity index (χ1) is 18.7. The van der Waals surface area contributed by atoms with Gasteiger partial charge in [-0.1, -0.05) is 36.4 Å². The fourth-order valence-electron chi connectivity index (χ4n) is 4.47. The summed E-state index contributed by atoms with van der Waals surface area (Å²) in [6.45, 7) is 2.96. The maximum atomic E-state index is 12.5. The lowest BCUT2D eigenvalue weighted by Gasteiger charge is -2.29. The van der Waals surface area contributed by atoms with Gasteiger partial charge in [0, 0.05) is 22.5 Å². The van der Waals surface area contributed by atoms with Crippen LogP contribution in [-0.2, 0) is 19.1 Å². The quantitative estimate of drug-likeness (QED) is 0.297. The number of esters is 2. The highest BCUT2D eigenvalue weighted by Crippen LogP contribution is 2.35. The van der Waals surface area contributed by atoms with Crippen molar-refractivity contribution in [2.45, 2.75) is 25.9 Å². The van der Waals surface area contributed by atoms with E-state index in [1.807, 2.05) is 0 Å². The predicted molar refractivity (Wildman–Crippen MR) is 137 cm³/mol. The van der Waals surface area contributed by atoms with E-state index in [-0.39, 0.29) is 17.9 Å². The van der Waals surface area contributed by atoms with E-state index >= 15 is 0 Å². The van der Waals surface area contributed by atoms with Crippen molar-refractivity contribution >= 4 is 24.0 Å². The van der Waals surface area contributed by atoms with E-state index in [2.05, 4.69) is 21.3 Å². The number of methoxy groups -OCH3 is 2. The summed E-state index contributed by atoms with van der Waals surface area (Å²) in [4.78, 5) is 49.4. The van der Waals surface area contributed by atoms with Gasteiger partial charge in [-0.05, 0) is 26.0 Å². The van der Waals surface area contributed by atoms with Gasteiger partial charge in [0.25, 0.3) is 0 Å². The number of urea groups is 2. The van der Waals surface area contributed by atoms with E-state index < -0.39 is 36.1 Å². The van der Waals surface area contributed by atoms with Crippen molar-refractivity contribution < 1.29 is 38.1 Å². The normalized spacial score (nSPS) is 18.8. The standard InChI is InChI=1S/C27H28N4O8/c1-14-20(24(32)36-3)22(30-26(34)28-14)16-9-5-7-11-18(16)38-13-39-19-12-8-6-10-17(19)23-21(25(33)37-4)15(2)29-27(35)31-23/h5-12,22-23H,13H2,1-4H3,(H2,28,30,34)(H2,29,31,35)/t22-,23-/m1/s1. The zero-order valence-electron chi connectivity index (χ0n) is 21.7. The molecule has 12 nitrogen and oxygen atoms in total. The number of hydrogen-bond donors (Lipinski definition) is 4. The average Bonchev–Trinajstić information content (AvgIpc) is 2.92. The highest BCUT2D eigenvalue weighted by atomic mass is 16.7. The van der Waals surface area contributed by atoms with E-state index in [1.54, 1.807) is 62.4 Å². The van der Waals surface area contributed by atoms with Gasteiger partial charge in [0.1, 0.15) is 11.5 Å². The molecule has 2 aromatic rings. The monoisotopic (exact) mass is 536 g/mol. The molecule has 204 valence electrons. The van der Waals surface area contributed by atoms with E-state index in [1.165, 1.54) is 14.2 Å². The van der Waals surface area contributed by atoms with Gasteiger partial charge in [0.15, 0.2) is 0 Å². The molecule has 2 aliphatic heterocycles. The van der Waals surface area contributed by atoms with Gasteiger partial charge >= 0.3 is 24.0 Å². The summed E-state index contributed by atoms with van der Waals surface area (Å²) in [5.74, 6) is -0.479. The van der Waals surface area contributed by atoms with Crippen LogP contribution in [0.25, 0.3) is 0 Å². The molecular formula is C27H28N4O8. The summed E-state index contributed by atoms with van der Waals surface area (Å²) in [5, 5.41) is 10.6. The van der Waals surface area contributed by atoms with Crippen LogP contribution in [0.3, 0.4) is 0 Å². The Labute approximate surface area is 224 Å². The number of para-hydroxylation sites is 2. The Hall–Kier alpha value is -5.00. The average molecular weight is 537 g/mol. The first-order valence-electron chi connectivity index (χ1n) is 11.9. The summed E-state index contributed by atoms with van der Waals surface area (Å²) in [5.41, 5.74) is 2.23. The van der Waals surface area contributed by atoms with Crippen molar-refractivity contribution in [3.8, 4) is 11.5 Å². The molecule has 39 heavy (non-hydrogen) atoms. The molecule has 2 aromatic carbocycles. The SMILES string of the molecule is COC(=O)C1=C(C)NC(=O)N[C@@H]1c1ccccc1OCOc1ccccc1[C@H]1NC(=O)NC(C)=C1C(=O)OC. The fraction of sp³-hybridized carbons (Fsp3) is 0.259. The van der Waals surface area contributed by atoms with E-state index in [9.17, 15) is 19.2 Å². The van der Waals surface area contributed by atoms with Gasteiger partial charge in [-0.2, -0.15) is 0 Å². The van der Waals surface area contributed by atoms with Crippen LogP contribution in [0.4, 0.5) is 9.59 Å². The molecule has 2 atom stereocenters. The largest absolute Gasteiger partial charge is 0.466 e. The van der Waals surface area contributed by atoms with Gasteiger partial charge < -0.3 is 40.2 Å². The van der Waals surface area contributed by atoms with Crippen molar-refractivity contribution in [1.29, 1.82) is 0 Å². The Bertz CT molecular complexity index is 1280. The number of carbonyl (C=O) groups excluding carboxylic acids is 4. The fourth-order valence-corrected chi connectivity index (χ4v) is 4.47. The minimum Gasteiger partial charge on any atom is -0.466 e. The van der Waals surface area contributed by atoms with Crippen LogP contribution in [0.15, 0.2) is 71.1 Å². The number of hydrogen-bond acceptors (Lipinski definition) is 8.